The largest absolute Gasteiger partial charge is 0.455 e. The van der Waals surface area contributed by atoms with Crippen LogP contribution in [-0.4, -0.2) is 67.7 Å². The summed E-state index contributed by atoms with van der Waals surface area (Å²) < 4.78 is 11.7. The molecule has 2 aromatic rings. The molecule has 2 aliphatic heterocycles. The maximum absolute atomic E-state index is 12.6. The van der Waals surface area contributed by atoms with Crippen molar-refractivity contribution < 1.29 is 14.3 Å². The molecule has 2 saturated heterocycles. The number of benzene rings is 2. The minimum atomic E-state index is -0.0123. The number of anilines is 1. The van der Waals surface area contributed by atoms with Gasteiger partial charge in [-0.1, -0.05) is 30.3 Å². The molecule has 2 fully saturated rings. The summed E-state index contributed by atoms with van der Waals surface area (Å²) in [4.78, 5) is 17.3. The van der Waals surface area contributed by atoms with Crippen LogP contribution in [0.2, 0.25) is 0 Å². The average Bonchev–Trinajstić information content (AvgIpc) is 3.25. The zero-order valence-corrected chi connectivity index (χ0v) is 16.8. The van der Waals surface area contributed by atoms with Crippen molar-refractivity contribution in [3.8, 4) is 11.5 Å². The molecule has 4 rings (SSSR count). The van der Waals surface area contributed by atoms with Gasteiger partial charge in [0.05, 0.1) is 18.3 Å². The molecule has 2 aromatic carbocycles. The second-order valence-corrected chi connectivity index (χ2v) is 7.67. The van der Waals surface area contributed by atoms with Crippen LogP contribution in [0.5, 0.6) is 11.5 Å². The lowest BCUT2D eigenvalue weighted by atomic mass is 10.2. The third-order valence-corrected chi connectivity index (χ3v) is 5.45. The number of nitrogens with zero attached hydrogens (tertiary/aromatic N) is 2. The molecule has 0 bridgehead atoms. The molecule has 1 unspecified atom stereocenters. The molecule has 29 heavy (non-hydrogen) atoms. The third kappa shape index (κ3) is 5.79. The predicted octanol–water partition coefficient (Wildman–Crippen LogP) is 3.21. The van der Waals surface area contributed by atoms with Crippen molar-refractivity contribution in [3.05, 3.63) is 54.6 Å². The molecule has 0 aromatic heterocycles. The molecule has 0 saturated carbocycles. The van der Waals surface area contributed by atoms with Gasteiger partial charge in [0.25, 0.3) is 0 Å². The van der Waals surface area contributed by atoms with E-state index in [4.69, 9.17) is 9.47 Å². The Balaban J connectivity index is 1.26. The van der Waals surface area contributed by atoms with Crippen LogP contribution in [0.1, 0.15) is 12.8 Å². The Labute approximate surface area is 172 Å². The summed E-state index contributed by atoms with van der Waals surface area (Å²) in [5.74, 6) is 1.38. The summed E-state index contributed by atoms with van der Waals surface area (Å²) in [5, 5.41) is 3.01. The molecule has 0 aliphatic carbocycles. The Morgan fingerprint density at radius 3 is 2.48 bits per heavy atom. The first-order valence-electron chi connectivity index (χ1n) is 10.4. The van der Waals surface area contributed by atoms with Gasteiger partial charge in [0.2, 0.25) is 5.91 Å². The number of nitrogens with one attached hydrogen (secondary N) is 1. The van der Waals surface area contributed by atoms with Crippen LogP contribution in [0.15, 0.2) is 54.6 Å². The molecule has 1 amide bonds. The molecule has 6 heteroatoms. The number of amides is 1. The van der Waals surface area contributed by atoms with Gasteiger partial charge in [-0.05, 0) is 37.1 Å². The lowest BCUT2D eigenvalue weighted by molar-refractivity contribution is -0.117. The van der Waals surface area contributed by atoms with Gasteiger partial charge in [-0.2, -0.15) is 0 Å². The Kier molecular flexibility index (Phi) is 6.77. The number of piperazine rings is 1. The second kappa shape index (κ2) is 9.87. The zero-order valence-electron chi connectivity index (χ0n) is 16.8. The molecule has 154 valence electrons. The summed E-state index contributed by atoms with van der Waals surface area (Å²) in [6, 6.07) is 17.1. The van der Waals surface area contributed by atoms with Crippen LogP contribution in [0.3, 0.4) is 0 Å². The van der Waals surface area contributed by atoms with E-state index >= 15 is 0 Å². The van der Waals surface area contributed by atoms with Crippen molar-refractivity contribution in [2.45, 2.75) is 18.9 Å². The quantitative estimate of drug-likeness (QED) is 0.780. The molecule has 1 atom stereocenters. The number of para-hydroxylation sites is 3. The van der Waals surface area contributed by atoms with Gasteiger partial charge in [-0.3, -0.25) is 14.6 Å². The summed E-state index contributed by atoms with van der Waals surface area (Å²) in [6.07, 6.45) is 2.75. The lowest BCUT2D eigenvalue weighted by Gasteiger charge is -2.35. The maximum atomic E-state index is 12.6. The number of rotatable bonds is 7. The summed E-state index contributed by atoms with van der Waals surface area (Å²) in [6.45, 7) is 6.10. The zero-order chi connectivity index (χ0) is 19.9. The first-order chi connectivity index (χ1) is 14.3. The van der Waals surface area contributed by atoms with E-state index in [1.165, 1.54) is 12.8 Å². The van der Waals surface area contributed by atoms with Crippen LogP contribution in [0.25, 0.3) is 0 Å². The second-order valence-electron chi connectivity index (χ2n) is 7.67. The highest BCUT2D eigenvalue weighted by Crippen LogP contribution is 2.29. The van der Waals surface area contributed by atoms with Crippen molar-refractivity contribution in [1.82, 2.24) is 9.80 Å². The van der Waals surface area contributed by atoms with Gasteiger partial charge in [0.1, 0.15) is 5.75 Å². The van der Waals surface area contributed by atoms with Crippen LogP contribution >= 0.6 is 0 Å². The van der Waals surface area contributed by atoms with Crippen LogP contribution in [0.4, 0.5) is 5.69 Å². The summed E-state index contributed by atoms with van der Waals surface area (Å²) >= 11 is 0. The van der Waals surface area contributed by atoms with E-state index < -0.39 is 0 Å². The fraction of sp³-hybridized carbons (Fsp3) is 0.435. The van der Waals surface area contributed by atoms with Crippen LogP contribution in [-0.2, 0) is 9.53 Å². The minimum absolute atomic E-state index is 0.0123. The fourth-order valence-electron chi connectivity index (χ4n) is 3.87. The number of hydrogen-bond acceptors (Lipinski definition) is 5. The Morgan fingerprint density at radius 2 is 1.72 bits per heavy atom. The fourth-order valence-corrected chi connectivity index (χ4v) is 3.87. The van der Waals surface area contributed by atoms with E-state index in [-0.39, 0.29) is 5.91 Å². The molecule has 1 N–H and O–H groups in total. The summed E-state index contributed by atoms with van der Waals surface area (Å²) in [7, 11) is 0. The molecule has 0 spiro atoms. The molecular formula is C23H29N3O3. The highest BCUT2D eigenvalue weighted by atomic mass is 16.5. The van der Waals surface area contributed by atoms with E-state index in [0.717, 1.165) is 45.1 Å². The van der Waals surface area contributed by atoms with Gasteiger partial charge in [-0.25, -0.2) is 0 Å². The SMILES string of the molecule is O=C(CN1CCN(CC2CCCO2)CC1)Nc1ccccc1Oc1ccccc1. The van der Waals surface area contributed by atoms with Crippen LogP contribution in [0, 0.1) is 0 Å². The summed E-state index contributed by atoms with van der Waals surface area (Å²) in [5.41, 5.74) is 0.693. The van der Waals surface area contributed by atoms with E-state index in [1.807, 2.05) is 54.6 Å². The molecule has 6 nitrogen and oxygen atoms in total. The normalized spacial score (nSPS) is 20.5. The first-order valence-corrected chi connectivity index (χ1v) is 10.4. The third-order valence-electron chi connectivity index (χ3n) is 5.45. The molecule has 0 radical (unpaired) electrons. The first kappa shape index (κ1) is 19.9. The van der Waals surface area contributed by atoms with Crippen molar-refractivity contribution in [2.24, 2.45) is 0 Å². The standard InChI is InChI=1S/C23H29N3O3/c27-23(18-26-14-12-25(13-15-26)17-20-9-6-16-28-20)24-21-10-4-5-11-22(21)29-19-7-2-1-3-8-19/h1-5,7-8,10-11,20H,6,9,12-18H2,(H,24,27). The Hall–Kier alpha value is -2.41. The molecule has 2 heterocycles. The van der Waals surface area contributed by atoms with E-state index in [9.17, 15) is 4.79 Å². The highest BCUT2D eigenvalue weighted by Gasteiger charge is 2.23. The Morgan fingerprint density at radius 1 is 1.00 bits per heavy atom. The number of carbonyl (C=O) groups is 1. The van der Waals surface area contributed by atoms with E-state index in [2.05, 4.69) is 15.1 Å². The van der Waals surface area contributed by atoms with Crippen LogP contribution < -0.4 is 10.1 Å². The predicted molar refractivity (Wildman–Crippen MR) is 113 cm³/mol. The van der Waals surface area contributed by atoms with Gasteiger partial charge in [0, 0.05) is 39.3 Å². The monoisotopic (exact) mass is 395 g/mol. The average molecular weight is 396 g/mol. The van der Waals surface area contributed by atoms with Crippen molar-refractivity contribution >= 4 is 11.6 Å². The minimum Gasteiger partial charge on any atom is -0.455 e. The van der Waals surface area contributed by atoms with Gasteiger partial charge < -0.3 is 14.8 Å². The lowest BCUT2D eigenvalue weighted by Crippen LogP contribution is -2.50. The molecule has 2 aliphatic rings. The number of hydrogen-bond donors (Lipinski definition) is 1. The topological polar surface area (TPSA) is 54.0 Å². The van der Waals surface area contributed by atoms with Gasteiger partial charge >= 0.3 is 0 Å². The number of carbonyl (C=O) groups excluding carboxylic acids is 1. The Bertz CT molecular complexity index is 785. The van der Waals surface area contributed by atoms with Crippen molar-refractivity contribution in [2.75, 3.05) is 51.2 Å². The van der Waals surface area contributed by atoms with Gasteiger partial charge in [0.15, 0.2) is 5.75 Å². The number of ether oxygens (including phenoxy) is 2. The van der Waals surface area contributed by atoms with Gasteiger partial charge in [-0.15, -0.1) is 0 Å². The molecular weight excluding hydrogens is 366 g/mol. The highest BCUT2D eigenvalue weighted by molar-refractivity contribution is 5.93. The van der Waals surface area contributed by atoms with E-state index in [1.54, 1.807) is 0 Å². The van der Waals surface area contributed by atoms with E-state index in [0.29, 0.717) is 24.1 Å². The van der Waals surface area contributed by atoms with Crippen molar-refractivity contribution in [3.63, 3.8) is 0 Å². The smallest absolute Gasteiger partial charge is 0.238 e. The van der Waals surface area contributed by atoms with Crippen molar-refractivity contribution in [1.29, 1.82) is 0 Å². The maximum Gasteiger partial charge on any atom is 0.238 e.